The second-order valence-corrected chi connectivity index (χ2v) is 6.67. The molecule has 156 valence electrons. The molecule has 1 heterocycles. The van der Waals surface area contributed by atoms with Gasteiger partial charge < -0.3 is 15.0 Å². The van der Waals surface area contributed by atoms with Gasteiger partial charge in [-0.3, -0.25) is 9.59 Å². The minimum atomic E-state index is -4.50. The molecule has 1 unspecified atom stereocenters. The molecule has 1 aliphatic heterocycles. The normalized spacial score (nSPS) is 16.1. The van der Waals surface area contributed by atoms with Crippen LogP contribution < -0.4 is 15.0 Å². The van der Waals surface area contributed by atoms with Gasteiger partial charge in [0.2, 0.25) is 11.8 Å². The van der Waals surface area contributed by atoms with Crippen molar-refractivity contribution in [2.75, 3.05) is 25.1 Å². The number of nitrogens with zero attached hydrogens (tertiary/aromatic N) is 1. The van der Waals surface area contributed by atoms with E-state index in [-0.39, 0.29) is 36.9 Å². The van der Waals surface area contributed by atoms with Crippen LogP contribution in [0.5, 0.6) is 5.75 Å². The summed E-state index contributed by atoms with van der Waals surface area (Å²) in [4.78, 5) is 26.2. The first kappa shape index (κ1) is 21.2. The fourth-order valence-corrected chi connectivity index (χ4v) is 3.17. The molecule has 0 saturated carbocycles. The zero-order valence-electron chi connectivity index (χ0n) is 16.1. The van der Waals surface area contributed by atoms with E-state index in [1.807, 2.05) is 0 Å². The molecule has 1 aliphatic rings. The molecular formula is C22H19F3N2O3. The van der Waals surface area contributed by atoms with E-state index >= 15 is 0 Å². The van der Waals surface area contributed by atoms with Gasteiger partial charge in [0.15, 0.2) is 0 Å². The van der Waals surface area contributed by atoms with Crippen LogP contribution in [0.25, 0.3) is 0 Å². The van der Waals surface area contributed by atoms with Crippen molar-refractivity contribution in [3.8, 4) is 17.6 Å². The van der Waals surface area contributed by atoms with Crippen LogP contribution >= 0.6 is 0 Å². The second kappa shape index (κ2) is 8.91. The van der Waals surface area contributed by atoms with Crippen LogP contribution in [0.3, 0.4) is 0 Å². The predicted molar refractivity (Wildman–Crippen MR) is 105 cm³/mol. The Hall–Kier alpha value is -3.47. The zero-order valence-corrected chi connectivity index (χ0v) is 16.1. The van der Waals surface area contributed by atoms with Crippen molar-refractivity contribution in [3.05, 3.63) is 59.7 Å². The van der Waals surface area contributed by atoms with E-state index in [1.165, 1.54) is 30.2 Å². The Morgan fingerprint density at radius 2 is 2.00 bits per heavy atom. The smallest absolute Gasteiger partial charge is 0.417 e. The molecule has 1 atom stereocenters. The molecule has 2 amide bonds. The number of nitrogens with one attached hydrogen (secondary N) is 1. The first-order valence-corrected chi connectivity index (χ1v) is 9.17. The summed E-state index contributed by atoms with van der Waals surface area (Å²) in [6.45, 7) is 0.0943. The minimum Gasteiger partial charge on any atom is -0.497 e. The Labute approximate surface area is 171 Å². The number of alkyl halides is 3. The molecule has 1 N–H and O–H groups in total. The highest BCUT2D eigenvalue weighted by Gasteiger charge is 2.35. The average Bonchev–Trinajstić information content (AvgIpc) is 3.12. The highest BCUT2D eigenvalue weighted by molar-refractivity contribution is 6.00. The molecule has 1 saturated heterocycles. The lowest BCUT2D eigenvalue weighted by atomic mass is 10.1. The summed E-state index contributed by atoms with van der Waals surface area (Å²) in [7, 11) is 1.52. The van der Waals surface area contributed by atoms with Crippen LogP contribution in [0, 0.1) is 17.8 Å². The third-order valence-corrected chi connectivity index (χ3v) is 4.67. The van der Waals surface area contributed by atoms with Crippen molar-refractivity contribution in [3.63, 3.8) is 0 Å². The van der Waals surface area contributed by atoms with Crippen molar-refractivity contribution >= 4 is 17.5 Å². The molecule has 1 fully saturated rings. The van der Waals surface area contributed by atoms with Crippen molar-refractivity contribution < 1.29 is 27.5 Å². The number of carbonyl (C=O) groups excluding carboxylic acids is 2. The van der Waals surface area contributed by atoms with E-state index in [9.17, 15) is 22.8 Å². The van der Waals surface area contributed by atoms with Crippen molar-refractivity contribution in [2.45, 2.75) is 12.6 Å². The summed E-state index contributed by atoms with van der Waals surface area (Å²) >= 11 is 0. The van der Waals surface area contributed by atoms with Crippen LogP contribution in [0.4, 0.5) is 18.9 Å². The molecule has 30 heavy (non-hydrogen) atoms. The van der Waals surface area contributed by atoms with Crippen molar-refractivity contribution in [2.24, 2.45) is 5.92 Å². The van der Waals surface area contributed by atoms with E-state index in [0.29, 0.717) is 11.4 Å². The Bertz CT molecular complexity index is 1010. The van der Waals surface area contributed by atoms with Gasteiger partial charge in [0, 0.05) is 30.3 Å². The van der Waals surface area contributed by atoms with Crippen LogP contribution in [-0.2, 0) is 15.8 Å². The van der Waals surface area contributed by atoms with E-state index in [2.05, 4.69) is 17.2 Å². The Morgan fingerprint density at radius 3 is 2.73 bits per heavy atom. The minimum absolute atomic E-state index is 0.0490. The summed E-state index contributed by atoms with van der Waals surface area (Å²) in [5.74, 6) is 4.47. The predicted octanol–water partition coefficient (Wildman–Crippen LogP) is 3.23. The Morgan fingerprint density at radius 1 is 1.23 bits per heavy atom. The second-order valence-electron chi connectivity index (χ2n) is 6.67. The lowest BCUT2D eigenvalue weighted by Crippen LogP contribution is -2.33. The molecule has 5 nitrogen and oxygen atoms in total. The number of anilines is 1. The van der Waals surface area contributed by atoms with Gasteiger partial charge in [-0.1, -0.05) is 30.0 Å². The summed E-state index contributed by atoms with van der Waals surface area (Å²) < 4.78 is 44.1. The number of hydrogen-bond donors (Lipinski definition) is 1. The molecule has 2 aromatic carbocycles. The number of benzene rings is 2. The number of hydrogen-bond acceptors (Lipinski definition) is 3. The van der Waals surface area contributed by atoms with E-state index in [0.717, 1.165) is 6.07 Å². The summed E-state index contributed by atoms with van der Waals surface area (Å²) in [6.07, 6.45) is -4.45. The van der Waals surface area contributed by atoms with E-state index in [4.69, 9.17) is 4.74 Å². The third kappa shape index (κ3) is 4.92. The Kier molecular flexibility index (Phi) is 6.31. The van der Waals surface area contributed by atoms with Gasteiger partial charge in [-0.25, -0.2) is 0 Å². The third-order valence-electron chi connectivity index (χ3n) is 4.67. The van der Waals surface area contributed by atoms with Crippen LogP contribution in [0.1, 0.15) is 17.5 Å². The number of carbonyl (C=O) groups is 2. The van der Waals surface area contributed by atoms with Crippen molar-refractivity contribution in [1.29, 1.82) is 0 Å². The quantitative estimate of drug-likeness (QED) is 0.779. The van der Waals surface area contributed by atoms with Gasteiger partial charge in [-0.05, 0) is 24.3 Å². The van der Waals surface area contributed by atoms with Crippen molar-refractivity contribution in [1.82, 2.24) is 5.32 Å². The fourth-order valence-electron chi connectivity index (χ4n) is 3.17. The molecule has 0 aliphatic carbocycles. The summed E-state index contributed by atoms with van der Waals surface area (Å²) in [5.41, 5.74) is -0.336. The summed E-state index contributed by atoms with van der Waals surface area (Å²) in [6, 6.07) is 12.0. The van der Waals surface area contributed by atoms with Gasteiger partial charge in [0.1, 0.15) is 5.75 Å². The monoisotopic (exact) mass is 416 g/mol. The molecule has 3 rings (SSSR count). The highest BCUT2D eigenvalue weighted by atomic mass is 19.4. The summed E-state index contributed by atoms with van der Waals surface area (Å²) in [5, 5.41) is 2.57. The molecule has 0 radical (unpaired) electrons. The molecule has 0 spiro atoms. The van der Waals surface area contributed by atoms with Gasteiger partial charge in [-0.2, -0.15) is 13.2 Å². The number of amides is 2. The lowest BCUT2D eigenvalue weighted by molar-refractivity contribution is -0.137. The standard InChI is InChI=1S/C22H19F3N2O3/c1-30-18-9-4-8-17(13-18)27-14-16(12-20(27)28)21(29)26-11-5-7-15-6-2-3-10-19(15)22(23,24)25/h2-4,6,8-10,13,16H,11-12,14H2,1H3,(H,26,29). The van der Waals surface area contributed by atoms with Crippen LogP contribution in [0.2, 0.25) is 0 Å². The van der Waals surface area contributed by atoms with Gasteiger partial charge in [0.05, 0.1) is 25.1 Å². The topological polar surface area (TPSA) is 58.6 Å². The van der Waals surface area contributed by atoms with Gasteiger partial charge in [-0.15, -0.1) is 0 Å². The maximum Gasteiger partial charge on any atom is 0.417 e. The molecule has 0 aromatic heterocycles. The van der Waals surface area contributed by atoms with Gasteiger partial charge in [0.25, 0.3) is 0 Å². The number of methoxy groups -OCH3 is 1. The lowest BCUT2D eigenvalue weighted by Gasteiger charge is -2.17. The number of ether oxygens (including phenoxy) is 1. The van der Waals surface area contributed by atoms with E-state index in [1.54, 1.807) is 24.3 Å². The number of rotatable bonds is 4. The van der Waals surface area contributed by atoms with Crippen LogP contribution in [-0.4, -0.2) is 32.0 Å². The van der Waals surface area contributed by atoms with E-state index < -0.39 is 17.7 Å². The van der Waals surface area contributed by atoms with Gasteiger partial charge >= 0.3 is 6.18 Å². The maximum atomic E-state index is 13.0. The largest absolute Gasteiger partial charge is 0.497 e. The molecule has 2 aromatic rings. The molecular weight excluding hydrogens is 397 g/mol. The molecule has 8 heteroatoms. The SMILES string of the molecule is COc1cccc(N2CC(C(=O)NCC#Cc3ccccc3C(F)(F)F)CC2=O)c1. The number of halogens is 3. The maximum absolute atomic E-state index is 13.0. The first-order valence-electron chi connectivity index (χ1n) is 9.17. The molecule has 0 bridgehead atoms. The van der Waals surface area contributed by atoms with Crippen LogP contribution in [0.15, 0.2) is 48.5 Å². The highest BCUT2D eigenvalue weighted by Crippen LogP contribution is 2.31. The fraction of sp³-hybridized carbons (Fsp3) is 0.273. The zero-order chi connectivity index (χ0) is 21.7. The average molecular weight is 416 g/mol. The first-order chi connectivity index (χ1) is 14.3. The Balaban J connectivity index is 1.60.